The van der Waals surface area contributed by atoms with Crippen LogP contribution >= 0.6 is 110 Å². The summed E-state index contributed by atoms with van der Waals surface area (Å²) >= 11 is 43.5. The number of nitrogens with one attached hydrogen (secondary N) is 6. The molecule has 8 fully saturated rings. The van der Waals surface area contributed by atoms with Gasteiger partial charge in [-0.05, 0) is 135 Å². The number of aliphatic imine (C=N–C) groups is 1. The molecule has 9 aliphatic rings. The summed E-state index contributed by atoms with van der Waals surface area (Å²) in [6.07, 6.45) is -22.5. The molecule has 148 heavy (non-hydrogen) atoms. The maximum Gasteiger partial charge on any atom is 0.328 e. The molecule has 8 unspecified atom stereocenters. The topological polar surface area (TPSA) is 676 Å². The zero-order valence-corrected chi connectivity index (χ0v) is 85.4. The summed E-state index contributed by atoms with van der Waals surface area (Å²) in [4.78, 5) is 67.6. The van der Waals surface area contributed by atoms with Crippen molar-refractivity contribution < 1.29 is 172 Å². The number of ether oxygens (including phenoxy) is 8. The molecule has 9 aliphatic heterocycles. The predicted octanol–water partition coefficient (Wildman–Crippen LogP) is 2.39. The molecule has 824 valence electrons. The van der Waals surface area contributed by atoms with Gasteiger partial charge in [-0.15, -0.1) is 0 Å². The summed E-state index contributed by atoms with van der Waals surface area (Å²) in [7, 11) is 0. The van der Waals surface area contributed by atoms with Gasteiger partial charge in [0.1, 0.15) is 128 Å². The average molecular weight is 2290 g/mol. The van der Waals surface area contributed by atoms with Crippen molar-refractivity contribution in [1.29, 1.82) is 0 Å². The van der Waals surface area contributed by atoms with E-state index in [4.69, 9.17) is 176 Å². The van der Waals surface area contributed by atoms with Crippen LogP contribution in [0.25, 0.3) is 0 Å². The van der Waals surface area contributed by atoms with E-state index in [9.17, 15) is 113 Å². The van der Waals surface area contributed by atoms with E-state index < -0.39 is 296 Å². The van der Waals surface area contributed by atoms with Gasteiger partial charge < -0.3 is 146 Å². The number of anilines is 1. The van der Waals surface area contributed by atoms with E-state index in [1.807, 2.05) is 9.97 Å². The van der Waals surface area contributed by atoms with Gasteiger partial charge in [-0.25, -0.2) is 67.9 Å². The molecule has 67 heteroatoms. The van der Waals surface area contributed by atoms with E-state index in [0.29, 0.717) is 21.6 Å². The van der Waals surface area contributed by atoms with Crippen LogP contribution in [0.4, 0.5) is 58.5 Å². The van der Waals surface area contributed by atoms with Crippen LogP contribution in [0.3, 0.4) is 0 Å². The first-order valence-electron chi connectivity index (χ1n) is 43.2. The number of nitrogens with zero attached hydrogens (tertiary/aromatic N) is 10. The third kappa shape index (κ3) is 25.7. The zero-order chi connectivity index (χ0) is 111. The summed E-state index contributed by atoms with van der Waals surface area (Å²) in [6.45, 7) is 8.11. The molecule has 0 spiro atoms. The Kier molecular flexibility index (Phi) is 40.6. The molecular weight excluding hydrogens is 2190 g/mol. The fourth-order valence-electron chi connectivity index (χ4n) is 16.0. The van der Waals surface area contributed by atoms with Crippen LogP contribution in [-0.2, 0) is 37.9 Å². The van der Waals surface area contributed by atoms with Crippen LogP contribution in [-0.4, -0.2) is 361 Å². The molecule has 0 bridgehead atoms. The average Bonchev–Trinajstić information content (AvgIpc) is 1.62. The summed E-state index contributed by atoms with van der Waals surface area (Å²) in [6, 6.07) is 5.58. The number of halogens is 12. The van der Waals surface area contributed by atoms with E-state index in [2.05, 4.69) is 60.9 Å². The highest BCUT2D eigenvalue weighted by atomic mass is 32.1. The van der Waals surface area contributed by atoms with Crippen molar-refractivity contribution in [2.75, 3.05) is 58.6 Å². The molecule has 0 saturated carbocycles. The number of hydrogen-bond donors (Lipinski definition) is 24. The molecule has 7 aromatic rings. The molecule has 46 nitrogen and oxygen atoms in total. The molecule has 32 atom stereocenters. The highest BCUT2D eigenvalue weighted by Gasteiger charge is 2.63. The van der Waals surface area contributed by atoms with Crippen LogP contribution in [0.5, 0.6) is 0 Å². The number of aromatic amines is 6. The number of amidine groups is 1. The van der Waals surface area contributed by atoms with Crippen LogP contribution < -0.4 is 34.0 Å². The fourth-order valence-corrected chi connectivity index (χ4v) is 18.0. The fraction of sp³-hybridized carbons (Fsp3) is 0.593. The van der Waals surface area contributed by atoms with Crippen molar-refractivity contribution in [3.8, 4) is 0 Å². The molecular formula is C81H104F12N18O28S9. The quantitative estimate of drug-likeness (QED) is 0.0488. The molecule has 0 radical (unpaired) electrons. The predicted molar refractivity (Wildman–Crippen MR) is 510 cm³/mol. The molecule has 0 aliphatic carbocycles. The van der Waals surface area contributed by atoms with Crippen LogP contribution in [0.2, 0.25) is 0 Å². The minimum Gasteiger partial charge on any atom is -0.394 e. The number of nitrogen functional groups attached to an aromatic ring is 1. The number of aromatic nitrogens is 14. The zero-order valence-electron chi connectivity index (χ0n) is 78.0. The van der Waals surface area contributed by atoms with Crippen molar-refractivity contribution in [2.45, 2.75) is 248 Å². The number of rotatable bonds is 16. The number of aliphatic hydroxyl groups excluding tert-OH is 16. The lowest BCUT2D eigenvalue weighted by Gasteiger charge is -2.34. The van der Waals surface area contributed by atoms with Crippen molar-refractivity contribution in [3.63, 3.8) is 0 Å². The van der Waals surface area contributed by atoms with E-state index in [1.54, 1.807) is 6.07 Å². The minimum atomic E-state index is -2.36. The molecule has 16 heterocycles. The first kappa shape index (κ1) is 123. The minimum absolute atomic E-state index is 0.0119. The van der Waals surface area contributed by atoms with Gasteiger partial charge in [-0.1, -0.05) is 55.5 Å². The standard InChI is InChI=1S/C11H15F2N3O3.2C10H12F2N2O4S.C10H12F2N2O3S2.C10H14FN3O3S.2C10H13FN2O4S.C10H13FN2O3S2/c1-5-15-9(14)6(12)3-16(5)10-11(2,13)8(18)7(4-17)19-10;1-10(12)6(16)5(3-15)18-8(10)14-2-4(11)7(19)13-9(14)17;1-10(12)6(16)5(3-15)18-8(10)14-2-4(11)7(17)13-9(14)19;1-10(12)6(16)5(3-15)17-8(10)14-2-4(11)7(18)13-9(14)19;1-10(11)7(16)5(4-15)17-8(10)14-3-2-6(12)13-9(14)18;1-10(11)7(15)5(4-14)17-8(10)13-3-2-6(18)12-9(13)16;1-10(11)7(16)5(4-14)17-8(10)13-3-2-6(15)12-9(13)18;1-10(11)7(15)5(4-14)16-8(10)13-3-2-6(17)12-9(13)18/h3,7-8,10,17-18H,1,4H2,2H3,(H2,14,15);2*2,5-6,8,15-16H,3H2,1H3,(H,13,17,19);2,5-6,8,15-16H,3H2,1H3,(H,13,18,19);2-3,5,7-8,15-16H,4H2,1H3,(H2,12,13,18);2-3,5,7-8,14-15H,4H2,1H3,(H,12,16,18);2-3,5,7-8,14,16H,4H2,1H3,(H,12,15,18);2-3,5,7-8,14-15H,4H2,1H3,(H,12,17,18)/t7-,8+,10-,11?;3*5-,6+,8-,10?;4*5-,7+,8-,10?/m11111111/s1. The highest BCUT2D eigenvalue weighted by Crippen LogP contribution is 2.49. The summed E-state index contributed by atoms with van der Waals surface area (Å²) in [5.74, 6) is -3.88. The second-order valence-electron chi connectivity index (χ2n) is 35.3. The van der Waals surface area contributed by atoms with Gasteiger partial charge in [0.15, 0.2) is 138 Å². The number of aliphatic hydroxyl groups is 16. The summed E-state index contributed by atoms with van der Waals surface area (Å²) < 4.78 is 218. The Morgan fingerprint density at radius 3 is 0.966 bits per heavy atom. The largest absolute Gasteiger partial charge is 0.394 e. The normalized spacial score (nSPS) is 35.9. The Balaban J connectivity index is 0.000000188. The Hall–Kier alpha value is -8.51. The number of H-pyrrole nitrogens is 6. The maximum atomic E-state index is 14.5. The molecule has 0 amide bonds. The second kappa shape index (κ2) is 48.9. The molecule has 26 N–H and O–H groups in total. The van der Waals surface area contributed by atoms with Crippen LogP contribution in [0, 0.1) is 59.9 Å². The van der Waals surface area contributed by atoms with E-state index in [-0.39, 0.29) is 50.6 Å². The van der Waals surface area contributed by atoms with Crippen molar-refractivity contribution in [2.24, 2.45) is 10.7 Å². The Morgan fingerprint density at radius 1 is 0.351 bits per heavy atom. The Morgan fingerprint density at radius 2 is 0.622 bits per heavy atom. The summed E-state index contributed by atoms with van der Waals surface area (Å²) in [5, 5.41) is 150. The van der Waals surface area contributed by atoms with Gasteiger partial charge in [0, 0.05) is 43.3 Å². The molecule has 0 aromatic carbocycles. The third-order valence-electron chi connectivity index (χ3n) is 24.4. The van der Waals surface area contributed by atoms with E-state index in [0.717, 1.165) is 72.5 Å². The van der Waals surface area contributed by atoms with Crippen LogP contribution in [0.15, 0.2) is 116 Å². The SMILES string of the molecule is C=C1N=C(N)C(F)=CN1[C@@H]1O[C@H](CO)[C@H](O)C1(C)F.CC1(F)[C@@H](O)[C@@H](CO)O[C@H]1n1cc(F)c(=O)[nH]c1=S.CC1(F)[C@@H](O)[C@@H](CO)O[C@H]1n1cc(F)c(=S)[nH]c1=O.CC1(F)[C@@H](O)[C@@H](CO)O[C@H]1n1cc(F)c(=S)[nH]c1=S.CC1(F)[C@@H](O)[C@@H](CO)O[C@H]1n1ccc(=O)[nH]c1=S.CC1(F)[C@@H](O)[C@@H](CO)O[C@H]1n1ccc(=S)[nH]c1=O.CC1(F)[C@@H](O)[C@@H](CO)O[C@H]1n1ccc(=S)[nH]c1=S.CC1(F)[C@@H](O)[C@@H](CO)O[C@H]1n1ccc(N)nc1=S. The van der Waals surface area contributed by atoms with Crippen molar-refractivity contribution >= 4 is 122 Å². The monoisotopic (exact) mass is 2290 g/mol. The lowest BCUT2D eigenvalue weighted by Crippen LogP contribution is -2.48. The Labute approximate surface area is 871 Å². The van der Waals surface area contributed by atoms with Gasteiger partial charge in [-0.3, -0.25) is 61.5 Å². The molecule has 7 aromatic heterocycles. The number of hydrogen-bond acceptors (Lipinski definition) is 42. The first-order valence-corrected chi connectivity index (χ1v) is 46.9. The van der Waals surface area contributed by atoms with Gasteiger partial charge in [0.25, 0.3) is 11.1 Å². The van der Waals surface area contributed by atoms with E-state index in [1.165, 1.54) is 70.5 Å². The lowest BCUT2D eigenvalue weighted by atomic mass is 9.98. The number of nitrogens with two attached hydrogens (primary N) is 2. The highest BCUT2D eigenvalue weighted by molar-refractivity contribution is 7.72. The smallest absolute Gasteiger partial charge is 0.328 e. The van der Waals surface area contributed by atoms with Crippen molar-refractivity contribution in [3.05, 3.63) is 194 Å². The molecule has 8 saturated heterocycles. The second-order valence-corrected chi connectivity index (χ2v) is 38.9. The van der Waals surface area contributed by atoms with Crippen LogP contribution in [0.1, 0.15) is 99.0 Å². The summed E-state index contributed by atoms with van der Waals surface area (Å²) in [5.41, 5.74) is -9.76. The van der Waals surface area contributed by atoms with Gasteiger partial charge in [0.2, 0.25) is 10.6 Å². The lowest BCUT2D eigenvalue weighted by molar-refractivity contribution is -0.0771. The third-order valence-corrected chi connectivity index (χ3v) is 27.0. The number of alkyl halides is 8. The van der Waals surface area contributed by atoms with Gasteiger partial charge in [0.05, 0.1) is 65.2 Å². The van der Waals surface area contributed by atoms with E-state index >= 15 is 0 Å². The first-order chi connectivity index (χ1) is 68.6. The van der Waals surface area contributed by atoms with Gasteiger partial charge in [-0.2, -0.15) is 4.39 Å². The van der Waals surface area contributed by atoms with Gasteiger partial charge >= 0.3 is 11.4 Å². The molecule has 16 rings (SSSR count). The Bertz CT molecular complexity index is 6330. The van der Waals surface area contributed by atoms with Crippen molar-refractivity contribution in [1.82, 2.24) is 71.8 Å². The maximum absolute atomic E-state index is 14.5.